The van der Waals surface area contributed by atoms with E-state index in [0.29, 0.717) is 25.3 Å². The number of nitrogens with zero attached hydrogens (tertiary/aromatic N) is 1. The minimum absolute atomic E-state index is 0.00111. The van der Waals surface area contributed by atoms with Gasteiger partial charge in [-0.1, -0.05) is 6.07 Å². The number of nitrogens with one attached hydrogen (secondary N) is 2. The molecule has 0 aliphatic carbocycles. The van der Waals surface area contributed by atoms with Crippen LogP contribution in [0.5, 0.6) is 0 Å². The quantitative estimate of drug-likeness (QED) is 0.855. The normalized spacial score (nSPS) is 24.9. The van der Waals surface area contributed by atoms with Crippen LogP contribution in [0.4, 0.5) is 0 Å². The summed E-state index contributed by atoms with van der Waals surface area (Å²) in [4.78, 5) is 30.8. The zero-order valence-electron chi connectivity index (χ0n) is 16.7. The predicted octanol–water partition coefficient (Wildman–Crippen LogP) is 3.09. The van der Waals surface area contributed by atoms with Gasteiger partial charge in [0.25, 0.3) is 5.91 Å². The molecule has 6 nitrogen and oxygen atoms in total. The fraction of sp³-hybridized carbons (Fsp3) is 0.545. The number of ether oxygens (including phenoxy) is 1. The molecule has 150 valence electrons. The van der Waals surface area contributed by atoms with Crippen LogP contribution in [0.2, 0.25) is 0 Å². The highest BCUT2D eigenvalue weighted by Gasteiger charge is 2.33. The van der Waals surface area contributed by atoms with Gasteiger partial charge in [0, 0.05) is 43.0 Å². The number of hydrogen-bond acceptors (Lipinski definition) is 3. The molecule has 0 saturated carbocycles. The van der Waals surface area contributed by atoms with Crippen molar-refractivity contribution >= 4 is 22.7 Å². The summed E-state index contributed by atoms with van der Waals surface area (Å²) in [6.07, 6.45) is 5.23. The van der Waals surface area contributed by atoms with Crippen LogP contribution in [0.3, 0.4) is 0 Å². The predicted molar refractivity (Wildman–Crippen MR) is 108 cm³/mol. The van der Waals surface area contributed by atoms with Crippen molar-refractivity contribution in [2.24, 2.45) is 5.92 Å². The Balaban J connectivity index is 1.39. The molecule has 0 unspecified atom stereocenters. The van der Waals surface area contributed by atoms with Crippen LogP contribution in [-0.4, -0.2) is 53.0 Å². The van der Waals surface area contributed by atoms with Gasteiger partial charge in [0.2, 0.25) is 5.91 Å². The molecule has 0 radical (unpaired) electrons. The average molecular weight is 383 g/mol. The summed E-state index contributed by atoms with van der Waals surface area (Å²) < 4.78 is 5.74. The molecule has 2 aromatic rings. The second-order valence-electron chi connectivity index (χ2n) is 8.68. The van der Waals surface area contributed by atoms with Crippen molar-refractivity contribution in [3.63, 3.8) is 0 Å². The van der Waals surface area contributed by atoms with E-state index in [9.17, 15) is 9.59 Å². The van der Waals surface area contributed by atoms with Crippen molar-refractivity contribution in [3.05, 3.63) is 36.0 Å². The number of fused-ring (bicyclic) bond motifs is 1. The number of H-pyrrole nitrogens is 1. The van der Waals surface area contributed by atoms with Gasteiger partial charge in [0.05, 0.1) is 11.5 Å². The first-order valence-corrected chi connectivity index (χ1v) is 10.2. The third-order valence-electron chi connectivity index (χ3n) is 5.92. The SMILES string of the molecule is CC1(C)C[C@H](NC(=O)[C@H]2CCCN(C(=O)c3ccc4cc[nH]c4c3)C2)CCO1. The van der Waals surface area contributed by atoms with Crippen molar-refractivity contribution in [1.29, 1.82) is 0 Å². The molecule has 2 aliphatic heterocycles. The van der Waals surface area contributed by atoms with Gasteiger partial charge in [-0.2, -0.15) is 0 Å². The van der Waals surface area contributed by atoms with E-state index in [4.69, 9.17) is 4.74 Å². The van der Waals surface area contributed by atoms with Gasteiger partial charge in [-0.3, -0.25) is 9.59 Å². The fourth-order valence-corrected chi connectivity index (χ4v) is 4.41. The van der Waals surface area contributed by atoms with E-state index in [1.165, 1.54) is 0 Å². The van der Waals surface area contributed by atoms with Crippen LogP contribution in [0.25, 0.3) is 10.9 Å². The highest BCUT2D eigenvalue weighted by atomic mass is 16.5. The number of aromatic nitrogens is 1. The average Bonchev–Trinajstić information content (AvgIpc) is 3.14. The largest absolute Gasteiger partial charge is 0.375 e. The number of likely N-dealkylation sites (tertiary alicyclic amines) is 1. The molecule has 2 atom stereocenters. The lowest BCUT2D eigenvalue weighted by atomic mass is 9.92. The molecule has 2 aliphatic rings. The van der Waals surface area contributed by atoms with Crippen molar-refractivity contribution in [3.8, 4) is 0 Å². The first-order chi connectivity index (χ1) is 13.4. The number of piperidine rings is 1. The van der Waals surface area contributed by atoms with Gasteiger partial charge in [-0.25, -0.2) is 0 Å². The number of carbonyl (C=O) groups is 2. The summed E-state index contributed by atoms with van der Waals surface area (Å²) in [5.41, 5.74) is 1.43. The number of amides is 2. The summed E-state index contributed by atoms with van der Waals surface area (Å²) in [5.74, 6) is -0.0703. The number of aromatic amines is 1. The maximum atomic E-state index is 13.0. The summed E-state index contributed by atoms with van der Waals surface area (Å²) >= 11 is 0. The van der Waals surface area contributed by atoms with Crippen molar-refractivity contribution in [2.75, 3.05) is 19.7 Å². The van der Waals surface area contributed by atoms with E-state index in [1.807, 2.05) is 35.4 Å². The van der Waals surface area contributed by atoms with Crippen LogP contribution in [0, 0.1) is 5.92 Å². The van der Waals surface area contributed by atoms with Crippen molar-refractivity contribution in [1.82, 2.24) is 15.2 Å². The fourth-order valence-electron chi connectivity index (χ4n) is 4.41. The Labute approximate surface area is 165 Å². The standard InChI is InChI=1S/C22H29N3O3/c1-22(2)13-18(8-11-28-22)24-20(26)17-4-3-10-25(14-17)21(27)16-6-5-15-7-9-23-19(15)12-16/h5-7,9,12,17-18,23H,3-4,8,10-11,13-14H2,1-2H3,(H,24,26)/t17-,18+/m0/s1. The Morgan fingerprint density at radius 3 is 2.93 bits per heavy atom. The lowest BCUT2D eigenvalue weighted by Crippen LogP contribution is -2.50. The van der Waals surface area contributed by atoms with Crippen molar-refractivity contribution < 1.29 is 14.3 Å². The third kappa shape index (κ3) is 4.07. The topological polar surface area (TPSA) is 74.4 Å². The first kappa shape index (κ1) is 19.0. The molecule has 0 bridgehead atoms. The van der Waals surface area contributed by atoms with Crippen LogP contribution < -0.4 is 5.32 Å². The molecule has 1 aromatic carbocycles. The number of rotatable bonds is 3. The van der Waals surface area contributed by atoms with E-state index in [0.717, 1.165) is 36.6 Å². The summed E-state index contributed by atoms with van der Waals surface area (Å²) in [6, 6.07) is 7.86. The highest BCUT2D eigenvalue weighted by Crippen LogP contribution is 2.25. The van der Waals surface area contributed by atoms with Gasteiger partial charge in [0.1, 0.15) is 0 Å². The molecule has 0 spiro atoms. The van der Waals surface area contributed by atoms with Gasteiger partial charge in [0.15, 0.2) is 0 Å². The molecular formula is C22H29N3O3. The second kappa shape index (κ2) is 7.59. The molecule has 2 fully saturated rings. The zero-order valence-corrected chi connectivity index (χ0v) is 16.7. The number of hydrogen-bond donors (Lipinski definition) is 2. The Bertz CT molecular complexity index is 873. The Morgan fingerprint density at radius 1 is 1.25 bits per heavy atom. The smallest absolute Gasteiger partial charge is 0.253 e. The van der Waals surface area contributed by atoms with Crippen LogP contribution in [-0.2, 0) is 9.53 Å². The van der Waals surface area contributed by atoms with Crippen LogP contribution in [0.1, 0.15) is 49.9 Å². The van der Waals surface area contributed by atoms with Crippen LogP contribution >= 0.6 is 0 Å². The molecule has 4 rings (SSSR count). The first-order valence-electron chi connectivity index (χ1n) is 10.2. The number of benzene rings is 1. The monoisotopic (exact) mass is 383 g/mol. The molecule has 6 heteroatoms. The van der Waals surface area contributed by atoms with E-state index in [-0.39, 0.29) is 29.4 Å². The third-order valence-corrected chi connectivity index (χ3v) is 5.92. The molecule has 3 heterocycles. The maximum absolute atomic E-state index is 13.0. The summed E-state index contributed by atoms with van der Waals surface area (Å²) in [6.45, 7) is 5.99. The zero-order chi connectivity index (χ0) is 19.7. The van der Waals surface area contributed by atoms with Gasteiger partial charge in [-0.05, 0) is 63.1 Å². The van der Waals surface area contributed by atoms with Gasteiger partial charge >= 0.3 is 0 Å². The lowest BCUT2D eigenvalue weighted by molar-refractivity contribution is -0.129. The summed E-state index contributed by atoms with van der Waals surface area (Å²) in [7, 11) is 0. The van der Waals surface area contributed by atoms with E-state index < -0.39 is 0 Å². The minimum atomic E-state index is -0.193. The maximum Gasteiger partial charge on any atom is 0.253 e. The molecule has 28 heavy (non-hydrogen) atoms. The lowest BCUT2D eigenvalue weighted by Gasteiger charge is -2.37. The Kier molecular flexibility index (Phi) is 5.15. The number of carbonyl (C=O) groups excluding carboxylic acids is 2. The molecular weight excluding hydrogens is 354 g/mol. The van der Waals surface area contributed by atoms with E-state index in [1.54, 1.807) is 0 Å². The summed E-state index contributed by atoms with van der Waals surface area (Å²) in [5, 5.41) is 4.29. The Hall–Kier alpha value is -2.34. The molecule has 2 N–H and O–H groups in total. The Morgan fingerprint density at radius 2 is 2.11 bits per heavy atom. The van der Waals surface area contributed by atoms with Crippen LogP contribution in [0.15, 0.2) is 30.5 Å². The minimum Gasteiger partial charge on any atom is -0.375 e. The highest BCUT2D eigenvalue weighted by molar-refractivity contribution is 5.98. The molecule has 2 saturated heterocycles. The van der Waals surface area contributed by atoms with Crippen molar-refractivity contribution in [2.45, 2.75) is 51.2 Å². The van der Waals surface area contributed by atoms with Gasteiger partial charge in [-0.15, -0.1) is 0 Å². The van der Waals surface area contributed by atoms with E-state index >= 15 is 0 Å². The van der Waals surface area contributed by atoms with Gasteiger partial charge < -0.3 is 19.9 Å². The van der Waals surface area contributed by atoms with E-state index in [2.05, 4.69) is 24.1 Å². The molecule has 1 aromatic heterocycles. The molecule has 2 amide bonds. The second-order valence-corrected chi connectivity index (χ2v) is 8.68.